The van der Waals surface area contributed by atoms with Crippen molar-refractivity contribution in [2.24, 2.45) is 0 Å². The fraction of sp³-hybridized carbons (Fsp3) is 0.350. The van der Waals surface area contributed by atoms with E-state index >= 15 is 0 Å². The van der Waals surface area contributed by atoms with Crippen molar-refractivity contribution in [3.05, 3.63) is 64.7 Å². The average molecular weight is 398 g/mol. The summed E-state index contributed by atoms with van der Waals surface area (Å²) in [5.41, 5.74) is 1.29. The number of amides is 1. The Morgan fingerprint density at radius 2 is 1.85 bits per heavy atom. The number of alkyl halides is 3. The monoisotopic (exact) mass is 397 g/mol. The van der Waals surface area contributed by atoms with E-state index in [-0.39, 0.29) is 17.4 Å². The lowest BCUT2D eigenvalue weighted by molar-refractivity contribution is -0.274. The Morgan fingerprint density at radius 1 is 1.11 bits per heavy atom. The summed E-state index contributed by atoms with van der Waals surface area (Å²) in [5, 5.41) is 0.654. The average Bonchev–Trinajstić information content (AvgIpc) is 2.87. The highest BCUT2D eigenvalue weighted by atomic mass is 35.5. The summed E-state index contributed by atoms with van der Waals surface area (Å²) >= 11 is 5.95. The van der Waals surface area contributed by atoms with Crippen LogP contribution in [-0.4, -0.2) is 30.3 Å². The van der Waals surface area contributed by atoms with Gasteiger partial charge in [0, 0.05) is 29.6 Å². The number of halogens is 4. The minimum atomic E-state index is -4.79. The molecule has 1 aliphatic rings. The van der Waals surface area contributed by atoms with Gasteiger partial charge in [-0.3, -0.25) is 4.79 Å². The minimum Gasteiger partial charge on any atom is -0.406 e. The number of carbonyl (C=O) groups excluding carboxylic acids is 1. The summed E-state index contributed by atoms with van der Waals surface area (Å²) in [6, 6.07) is 12.8. The Bertz CT molecular complexity index is 793. The molecule has 144 valence electrons. The van der Waals surface area contributed by atoms with E-state index in [9.17, 15) is 18.0 Å². The third kappa shape index (κ3) is 5.39. The van der Waals surface area contributed by atoms with Gasteiger partial charge >= 0.3 is 6.36 Å². The molecule has 0 saturated carbocycles. The van der Waals surface area contributed by atoms with Crippen molar-refractivity contribution in [1.82, 2.24) is 4.90 Å². The fourth-order valence-corrected chi connectivity index (χ4v) is 3.47. The highest BCUT2D eigenvalue weighted by molar-refractivity contribution is 6.30. The van der Waals surface area contributed by atoms with E-state index in [1.54, 1.807) is 4.90 Å². The molecule has 7 heteroatoms. The van der Waals surface area contributed by atoms with Crippen molar-refractivity contribution in [1.29, 1.82) is 0 Å². The van der Waals surface area contributed by atoms with Crippen LogP contribution < -0.4 is 4.74 Å². The molecule has 3 rings (SSSR count). The number of hydrogen-bond donors (Lipinski definition) is 0. The van der Waals surface area contributed by atoms with E-state index in [4.69, 9.17) is 11.6 Å². The number of nitrogens with zero attached hydrogens (tertiary/aromatic N) is 1. The van der Waals surface area contributed by atoms with Gasteiger partial charge in [-0.15, -0.1) is 13.2 Å². The molecule has 2 aromatic carbocycles. The molecule has 0 bridgehead atoms. The number of benzene rings is 2. The maximum absolute atomic E-state index is 12.9. The van der Waals surface area contributed by atoms with Gasteiger partial charge in [0.15, 0.2) is 0 Å². The maximum Gasteiger partial charge on any atom is 0.573 e. The highest BCUT2D eigenvalue weighted by Crippen LogP contribution is 2.29. The standard InChI is InChI=1S/C20H19ClF3NO2/c21-17-9-7-14(8-10-17)16-4-1-2-11-25(13-16)19(26)15-5-3-6-18(12-15)27-20(22,23)24/h3,5-10,12,16H,1-2,4,11,13H2. The van der Waals surface area contributed by atoms with Crippen molar-refractivity contribution in [3.8, 4) is 5.75 Å². The van der Waals surface area contributed by atoms with E-state index in [1.165, 1.54) is 18.2 Å². The van der Waals surface area contributed by atoms with Crippen molar-refractivity contribution in [2.45, 2.75) is 31.5 Å². The van der Waals surface area contributed by atoms with Crippen LogP contribution in [0.4, 0.5) is 13.2 Å². The van der Waals surface area contributed by atoms with Gasteiger partial charge in [-0.2, -0.15) is 0 Å². The lowest BCUT2D eigenvalue weighted by Crippen LogP contribution is -2.34. The molecule has 2 aromatic rings. The predicted molar refractivity (Wildman–Crippen MR) is 97.1 cm³/mol. The van der Waals surface area contributed by atoms with E-state index in [0.29, 0.717) is 18.1 Å². The molecular formula is C20H19ClF3NO2. The second-order valence-corrected chi connectivity index (χ2v) is 7.01. The van der Waals surface area contributed by atoms with Crippen LogP contribution in [0.2, 0.25) is 5.02 Å². The summed E-state index contributed by atoms with van der Waals surface area (Å²) < 4.78 is 41.2. The summed E-state index contributed by atoms with van der Waals surface area (Å²) in [6.45, 7) is 1.10. The minimum absolute atomic E-state index is 0.170. The number of ether oxygens (including phenoxy) is 1. The van der Waals surface area contributed by atoms with Gasteiger partial charge in [0.05, 0.1) is 0 Å². The number of likely N-dealkylation sites (tertiary alicyclic amines) is 1. The zero-order valence-corrected chi connectivity index (χ0v) is 15.3. The van der Waals surface area contributed by atoms with E-state index in [1.807, 2.05) is 24.3 Å². The first-order valence-electron chi connectivity index (χ1n) is 8.72. The molecule has 27 heavy (non-hydrogen) atoms. The van der Waals surface area contributed by atoms with Crippen LogP contribution in [-0.2, 0) is 0 Å². The first kappa shape index (κ1) is 19.5. The molecule has 0 aliphatic carbocycles. The number of rotatable bonds is 3. The zero-order chi connectivity index (χ0) is 19.4. The van der Waals surface area contributed by atoms with Crippen LogP contribution in [0.5, 0.6) is 5.75 Å². The van der Waals surface area contributed by atoms with Crippen LogP contribution >= 0.6 is 11.6 Å². The smallest absolute Gasteiger partial charge is 0.406 e. The van der Waals surface area contributed by atoms with Gasteiger partial charge in [0.1, 0.15) is 5.75 Å². The van der Waals surface area contributed by atoms with Crippen LogP contribution in [0.15, 0.2) is 48.5 Å². The van der Waals surface area contributed by atoms with Crippen LogP contribution in [0.25, 0.3) is 0 Å². The van der Waals surface area contributed by atoms with Crippen LogP contribution in [0.1, 0.15) is 41.1 Å². The third-order valence-corrected chi connectivity index (χ3v) is 4.87. The Hall–Kier alpha value is -2.21. The van der Waals surface area contributed by atoms with Crippen LogP contribution in [0, 0.1) is 0 Å². The Labute approximate surface area is 160 Å². The molecule has 1 atom stereocenters. The Kier molecular flexibility index (Phi) is 5.95. The second-order valence-electron chi connectivity index (χ2n) is 6.57. The topological polar surface area (TPSA) is 29.5 Å². The van der Waals surface area contributed by atoms with Gasteiger partial charge in [-0.25, -0.2) is 0 Å². The first-order chi connectivity index (χ1) is 12.8. The van der Waals surface area contributed by atoms with E-state index in [0.717, 1.165) is 30.9 Å². The molecule has 0 N–H and O–H groups in total. The predicted octanol–water partition coefficient (Wildman–Crippen LogP) is 5.65. The number of carbonyl (C=O) groups is 1. The molecule has 1 amide bonds. The number of hydrogen-bond acceptors (Lipinski definition) is 2. The third-order valence-electron chi connectivity index (χ3n) is 4.61. The lowest BCUT2D eigenvalue weighted by atomic mass is 9.94. The molecule has 1 fully saturated rings. The molecule has 1 aliphatic heterocycles. The molecular weight excluding hydrogens is 379 g/mol. The largest absolute Gasteiger partial charge is 0.573 e. The zero-order valence-electron chi connectivity index (χ0n) is 14.5. The summed E-state index contributed by atoms with van der Waals surface area (Å²) in [5.74, 6) is -0.510. The van der Waals surface area contributed by atoms with Crippen molar-refractivity contribution < 1.29 is 22.7 Å². The Balaban J connectivity index is 1.77. The molecule has 0 aromatic heterocycles. The van der Waals surface area contributed by atoms with Gasteiger partial charge in [-0.05, 0) is 48.7 Å². The van der Waals surface area contributed by atoms with E-state index in [2.05, 4.69) is 4.74 Å². The lowest BCUT2D eigenvalue weighted by Gasteiger charge is -2.25. The van der Waals surface area contributed by atoms with Crippen molar-refractivity contribution >= 4 is 17.5 Å². The van der Waals surface area contributed by atoms with E-state index < -0.39 is 12.1 Å². The van der Waals surface area contributed by atoms with Crippen molar-refractivity contribution in [3.63, 3.8) is 0 Å². The quantitative estimate of drug-likeness (QED) is 0.670. The molecule has 0 spiro atoms. The molecule has 1 unspecified atom stereocenters. The van der Waals surface area contributed by atoms with Crippen LogP contribution in [0.3, 0.4) is 0 Å². The fourth-order valence-electron chi connectivity index (χ4n) is 3.34. The molecule has 1 saturated heterocycles. The highest BCUT2D eigenvalue weighted by Gasteiger charge is 2.31. The van der Waals surface area contributed by atoms with Crippen molar-refractivity contribution in [2.75, 3.05) is 13.1 Å². The van der Waals surface area contributed by atoms with Gasteiger partial charge in [-0.1, -0.05) is 36.2 Å². The molecule has 3 nitrogen and oxygen atoms in total. The van der Waals surface area contributed by atoms with Gasteiger partial charge in [0.25, 0.3) is 5.91 Å². The summed E-state index contributed by atoms with van der Waals surface area (Å²) in [4.78, 5) is 14.6. The second kappa shape index (κ2) is 8.21. The molecule has 1 heterocycles. The maximum atomic E-state index is 12.9. The summed E-state index contributed by atoms with van der Waals surface area (Å²) in [6.07, 6.45) is -2.00. The van der Waals surface area contributed by atoms with Gasteiger partial charge in [0.2, 0.25) is 0 Å². The Morgan fingerprint density at radius 3 is 2.56 bits per heavy atom. The SMILES string of the molecule is O=C(c1cccc(OC(F)(F)F)c1)N1CCCCC(c2ccc(Cl)cc2)C1. The molecule has 0 radical (unpaired) electrons. The summed E-state index contributed by atoms with van der Waals surface area (Å²) in [7, 11) is 0. The normalized spacial score (nSPS) is 18.1. The van der Waals surface area contributed by atoms with Gasteiger partial charge < -0.3 is 9.64 Å². The first-order valence-corrected chi connectivity index (χ1v) is 9.10.